The molecule has 1 amide bonds. The average Bonchev–Trinajstić information content (AvgIpc) is 2.24. The van der Waals surface area contributed by atoms with E-state index in [1.165, 1.54) is 6.07 Å². The molecule has 1 rings (SSSR count). The molecule has 0 aliphatic rings. The van der Waals surface area contributed by atoms with Crippen molar-refractivity contribution in [1.82, 2.24) is 0 Å². The topological polar surface area (TPSA) is 52.9 Å². The van der Waals surface area contributed by atoms with Crippen LogP contribution in [-0.4, -0.2) is 17.4 Å². The lowest BCUT2D eigenvalue weighted by Crippen LogP contribution is -2.14. The summed E-state index contributed by atoms with van der Waals surface area (Å²) in [7, 11) is 0. The van der Waals surface area contributed by atoms with Crippen LogP contribution in [-0.2, 0) is 4.79 Å². The molecule has 6 heteroatoms. The number of hydrogen-bond donors (Lipinski definition) is 1. The molecule has 0 aliphatic carbocycles. The lowest BCUT2D eigenvalue weighted by atomic mass is 10.3. The molecule has 0 bridgehead atoms. The van der Waals surface area contributed by atoms with Crippen LogP contribution in [0.5, 0.6) is 0 Å². The maximum atomic E-state index is 12.8. The van der Waals surface area contributed by atoms with E-state index in [1.807, 2.05) is 6.07 Å². The summed E-state index contributed by atoms with van der Waals surface area (Å²) in [5, 5.41) is 10.6. The van der Waals surface area contributed by atoms with E-state index in [9.17, 15) is 13.6 Å². The van der Waals surface area contributed by atoms with Crippen molar-refractivity contribution < 1.29 is 13.6 Å². The number of nitrogens with zero attached hydrogens (tertiary/aromatic N) is 1. The molecular weight excluding hydrogens is 234 g/mol. The van der Waals surface area contributed by atoms with Crippen LogP contribution < -0.4 is 5.32 Å². The highest BCUT2D eigenvalue weighted by Crippen LogP contribution is 2.13. The Morgan fingerprint density at radius 1 is 1.44 bits per heavy atom. The number of amides is 1. The molecular formula is C10H8F2N2OS. The second kappa shape index (κ2) is 6.08. The molecule has 1 aromatic rings. The van der Waals surface area contributed by atoms with E-state index in [-0.39, 0.29) is 23.1 Å². The van der Waals surface area contributed by atoms with Gasteiger partial charge in [-0.05, 0) is 12.1 Å². The minimum atomic E-state index is -1.01. The van der Waals surface area contributed by atoms with Crippen LogP contribution in [0.4, 0.5) is 14.5 Å². The Balaban J connectivity index is 2.50. The van der Waals surface area contributed by atoms with E-state index < -0.39 is 11.6 Å². The number of rotatable bonds is 4. The Labute approximate surface area is 95.4 Å². The highest BCUT2D eigenvalue weighted by atomic mass is 32.2. The molecule has 0 heterocycles. The van der Waals surface area contributed by atoms with Gasteiger partial charge < -0.3 is 5.32 Å². The van der Waals surface area contributed by atoms with E-state index in [1.54, 1.807) is 0 Å². The maximum Gasteiger partial charge on any atom is 0.234 e. The molecule has 1 aromatic carbocycles. The van der Waals surface area contributed by atoms with Gasteiger partial charge in [0, 0.05) is 11.8 Å². The number of carbonyl (C=O) groups excluding carboxylic acids is 1. The second-order valence-corrected chi connectivity index (χ2v) is 3.81. The van der Waals surface area contributed by atoms with Gasteiger partial charge in [-0.1, -0.05) is 0 Å². The molecule has 0 aromatic heterocycles. The van der Waals surface area contributed by atoms with Crippen molar-refractivity contribution in [3.05, 3.63) is 29.8 Å². The van der Waals surface area contributed by atoms with Gasteiger partial charge in [0.15, 0.2) is 11.6 Å². The van der Waals surface area contributed by atoms with E-state index in [4.69, 9.17) is 5.26 Å². The number of nitriles is 1. The number of thioether (sulfide) groups is 1. The van der Waals surface area contributed by atoms with E-state index in [0.717, 1.165) is 23.9 Å². The van der Waals surface area contributed by atoms with Crippen molar-refractivity contribution in [2.24, 2.45) is 0 Å². The molecule has 84 valence electrons. The van der Waals surface area contributed by atoms with Gasteiger partial charge in [-0.15, -0.1) is 11.8 Å². The summed E-state index contributed by atoms with van der Waals surface area (Å²) in [4.78, 5) is 11.2. The van der Waals surface area contributed by atoms with Gasteiger partial charge in [-0.2, -0.15) is 5.26 Å². The highest BCUT2D eigenvalue weighted by Gasteiger charge is 2.05. The first-order valence-corrected chi connectivity index (χ1v) is 5.48. The first kappa shape index (κ1) is 12.5. The third-order valence-electron chi connectivity index (χ3n) is 1.60. The Hall–Kier alpha value is -1.61. The quantitative estimate of drug-likeness (QED) is 0.823. The predicted molar refractivity (Wildman–Crippen MR) is 57.9 cm³/mol. The number of benzene rings is 1. The Morgan fingerprint density at radius 3 is 2.81 bits per heavy atom. The molecule has 0 saturated heterocycles. The Morgan fingerprint density at radius 2 is 2.19 bits per heavy atom. The van der Waals surface area contributed by atoms with E-state index in [2.05, 4.69) is 5.32 Å². The van der Waals surface area contributed by atoms with Crippen molar-refractivity contribution in [2.75, 3.05) is 16.8 Å². The summed E-state index contributed by atoms with van der Waals surface area (Å²) < 4.78 is 25.3. The zero-order valence-corrected chi connectivity index (χ0v) is 8.98. The maximum absolute atomic E-state index is 12.8. The van der Waals surface area contributed by atoms with E-state index in [0.29, 0.717) is 0 Å². The third kappa shape index (κ3) is 3.87. The summed E-state index contributed by atoms with van der Waals surface area (Å²) in [5.41, 5.74) is 0.196. The number of anilines is 1. The average molecular weight is 242 g/mol. The minimum absolute atomic E-state index is 0.104. The first-order valence-electron chi connectivity index (χ1n) is 4.33. The molecule has 0 fully saturated rings. The number of hydrogen-bond acceptors (Lipinski definition) is 3. The van der Waals surface area contributed by atoms with Gasteiger partial charge >= 0.3 is 0 Å². The fourth-order valence-electron chi connectivity index (χ4n) is 0.960. The molecule has 0 atom stereocenters. The number of halogens is 2. The summed E-state index contributed by atoms with van der Waals surface area (Å²) >= 11 is 1.15. The summed E-state index contributed by atoms with van der Waals surface area (Å²) in [6.07, 6.45) is 0. The summed E-state index contributed by atoms with van der Waals surface area (Å²) in [6.45, 7) is 0. The SMILES string of the molecule is N#CCSCC(=O)Nc1ccc(F)c(F)c1. The smallest absolute Gasteiger partial charge is 0.234 e. The summed E-state index contributed by atoms with van der Waals surface area (Å²) in [6, 6.07) is 4.99. The summed E-state index contributed by atoms with van der Waals surface area (Å²) in [5.74, 6) is -2.01. The van der Waals surface area contributed by atoms with Crippen LogP contribution >= 0.6 is 11.8 Å². The molecule has 0 unspecified atom stereocenters. The standard InChI is InChI=1S/C10H8F2N2OS/c11-8-2-1-7(5-9(8)12)14-10(15)6-16-4-3-13/h1-2,5H,4,6H2,(H,14,15). The predicted octanol–water partition coefficient (Wildman–Crippen LogP) is 2.16. The Bertz CT molecular complexity index is 431. The molecule has 0 radical (unpaired) electrons. The van der Waals surface area contributed by atoms with Crippen LogP contribution in [0.3, 0.4) is 0 Å². The Kier molecular flexibility index (Phi) is 4.73. The largest absolute Gasteiger partial charge is 0.325 e. The van der Waals surface area contributed by atoms with Crippen molar-refractivity contribution in [3.8, 4) is 6.07 Å². The molecule has 16 heavy (non-hydrogen) atoms. The van der Waals surface area contributed by atoms with Crippen LogP contribution in [0.2, 0.25) is 0 Å². The fourth-order valence-corrected chi connectivity index (χ4v) is 1.41. The second-order valence-electron chi connectivity index (χ2n) is 2.83. The van der Waals surface area contributed by atoms with Crippen molar-refractivity contribution in [2.45, 2.75) is 0 Å². The zero-order chi connectivity index (χ0) is 12.0. The van der Waals surface area contributed by atoms with Crippen LogP contribution in [0.25, 0.3) is 0 Å². The minimum Gasteiger partial charge on any atom is -0.325 e. The van der Waals surface area contributed by atoms with Crippen LogP contribution in [0, 0.1) is 23.0 Å². The molecule has 0 aliphatic heterocycles. The van der Waals surface area contributed by atoms with Gasteiger partial charge in [-0.25, -0.2) is 8.78 Å². The highest BCUT2D eigenvalue weighted by molar-refractivity contribution is 8.00. The molecule has 0 saturated carbocycles. The molecule has 1 N–H and O–H groups in total. The normalized spacial score (nSPS) is 9.56. The van der Waals surface area contributed by atoms with Gasteiger partial charge in [0.05, 0.1) is 17.6 Å². The van der Waals surface area contributed by atoms with Crippen LogP contribution in [0.1, 0.15) is 0 Å². The first-order chi connectivity index (χ1) is 7.63. The molecule has 3 nitrogen and oxygen atoms in total. The van der Waals surface area contributed by atoms with Gasteiger partial charge in [0.2, 0.25) is 5.91 Å². The van der Waals surface area contributed by atoms with Crippen molar-refractivity contribution in [3.63, 3.8) is 0 Å². The lowest BCUT2D eigenvalue weighted by Gasteiger charge is -2.04. The zero-order valence-electron chi connectivity index (χ0n) is 8.17. The van der Waals surface area contributed by atoms with Gasteiger partial charge in [0.1, 0.15) is 0 Å². The van der Waals surface area contributed by atoms with Crippen molar-refractivity contribution >= 4 is 23.4 Å². The number of carbonyl (C=O) groups is 1. The number of nitrogens with one attached hydrogen (secondary N) is 1. The van der Waals surface area contributed by atoms with Gasteiger partial charge in [-0.3, -0.25) is 4.79 Å². The third-order valence-corrected chi connectivity index (χ3v) is 2.40. The monoisotopic (exact) mass is 242 g/mol. The van der Waals surface area contributed by atoms with E-state index >= 15 is 0 Å². The van der Waals surface area contributed by atoms with Crippen molar-refractivity contribution in [1.29, 1.82) is 5.26 Å². The lowest BCUT2D eigenvalue weighted by molar-refractivity contribution is -0.113. The van der Waals surface area contributed by atoms with Crippen LogP contribution in [0.15, 0.2) is 18.2 Å². The molecule has 0 spiro atoms. The fraction of sp³-hybridized carbons (Fsp3) is 0.200. The van der Waals surface area contributed by atoms with Gasteiger partial charge in [0.25, 0.3) is 0 Å².